The SMILES string of the molecule is CC(C)OCCC(=O)N1CCOC(c2ccc(C(F)(F)F)cc2)C1. The molecule has 0 aliphatic carbocycles. The van der Waals surface area contributed by atoms with Gasteiger partial charge in [-0.15, -0.1) is 0 Å². The van der Waals surface area contributed by atoms with Crippen molar-refractivity contribution in [1.29, 1.82) is 0 Å². The average Bonchev–Trinajstić information content (AvgIpc) is 2.54. The van der Waals surface area contributed by atoms with E-state index >= 15 is 0 Å². The van der Waals surface area contributed by atoms with Crippen LogP contribution in [0, 0.1) is 0 Å². The number of alkyl halides is 3. The number of nitrogens with zero attached hydrogens (tertiary/aromatic N) is 1. The Morgan fingerprint density at radius 3 is 2.58 bits per heavy atom. The minimum Gasteiger partial charge on any atom is -0.378 e. The number of carbonyl (C=O) groups is 1. The molecule has 1 saturated heterocycles. The lowest BCUT2D eigenvalue weighted by Gasteiger charge is -2.33. The zero-order valence-corrected chi connectivity index (χ0v) is 13.8. The van der Waals surface area contributed by atoms with Crippen molar-refractivity contribution >= 4 is 5.91 Å². The molecule has 0 radical (unpaired) electrons. The van der Waals surface area contributed by atoms with E-state index in [1.54, 1.807) is 4.90 Å². The monoisotopic (exact) mass is 345 g/mol. The van der Waals surface area contributed by atoms with Crippen molar-refractivity contribution in [2.75, 3.05) is 26.3 Å². The van der Waals surface area contributed by atoms with E-state index in [9.17, 15) is 18.0 Å². The summed E-state index contributed by atoms with van der Waals surface area (Å²) in [5.41, 5.74) is -0.0558. The van der Waals surface area contributed by atoms with Crippen molar-refractivity contribution in [3.8, 4) is 0 Å². The first-order chi connectivity index (χ1) is 11.3. The van der Waals surface area contributed by atoms with Gasteiger partial charge in [-0.25, -0.2) is 0 Å². The van der Waals surface area contributed by atoms with Crippen LogP contribution < -0.4 is 0 Å². The second-order valence-electron chi connectivity index (χ2n) is 5.99. The molecule has 134 valence electrons. The fourth-order valence-electron chi connectivity index (χ4n) is 2.50. The van der Waals surface area contributed by atoms with E-state index < -0.39 is 17.8 Å². The Kier molecular flexibility index (Phi) is 6.23. The molecule has 0 saturated carbocycles. The standard InChI is InChI=1S/C17H22F3NO3/c1-12(2)23-9-7-16(22)21-8-10-24-15(11-21)13-3-5-14(6-4-13)17(18,19)20/h3-6,12,15H,7-11H2,1-2H3. The Hall–Kier alpha value is -1.60. The van der Waals surface area contributed by atoms with Crippen LogP contribution in [-0.2, 0) is 20.4 Å². The summed E-state index contributed by atoms with van der Waals surface area (Å²) >= 11 is 0. The molecule has 1 amide bonds. The summed E-state index contributed by atoms with van der Waals surface area (Å²) in [6.07, 6.45) is -4.40. The van der Waals surface area contributed by atoms with Gasteiger partial charge in [-0.05, 0) is 31.5 Å². The lowest BCUT2D eigenvalue weighted by atomic mass is 10.0. The number of benzene rings is 1. The number of rotatable bonds is 5. The first-order valence-electron chi connectivity index (χ1n) is 7.95. The van der Waals surface area contributed by atoms with Gasteiger partial charge < -0.3 is 14.4 Å². The van der Waals surface area contributed by atoms with Gasteiger partial charge in [0, 0.05) is 6.54 Å². The molecule has 1 unspecified atom stereocenters. The second kappa shape index (κ2) is 7.98. The molecule has 1 aromatic carbocycles. The van der Waals surface area contributed by atoms with Crippen LogP contribution in [0.25, 0.3) is 0 Å². The Morgan fingerprint density at radius 1 is 1.33 bits per heavy atom. The van der Waals surface area contributed by atoms with Crippen molar-refractivity contribution < 1.29 is 27.4 Å². The van der Waals surface area contributed by atoms with Crippen molar-refractivity contribution in [1.82, 2.24) is 4.90 Å². The molecule has 7 heteroatoms. The van der Waals surface area contributed by atoms with Crippen LogP contribution in [0.15, 0.2) is 24.3 Å². The predicted octanol–water partition coefficient (Wildman–Crippen LogP) is 3.42. The number of morpholine rings is 1. The summed E-state index contributed by atoms with van der Waals surface area (Å²) < 4.78 is 48.8. The maximum absolute atomic E-state index is 12.6. The molecule has 1 heterocycles. The third-order valence-electron chi connectivity index (χ3n) is 3.80. The van der Waals surface area contributed by atoms with E-state index in [4.69, 9.17) is 9.47 Å². The number of carbonyl (C=O) groups excluding carboxylic acids is 1. The minimum atomic E-state index is -4.36. The van der Waals surface area contributed by atoms with Crippen LogP contribution in [0.1, 0.15) is 37.5 Å². The topological polar surface area (TPSA) is 38.8 Å². The van der Waals surface area contributed by atoms with Gasteiger partial charge in [0.15, 0.2) is 0 Å². The molecule has 0 aromatic heterocycles. The number of hydrogen-bond acceptors (Lipinski definition) is 3. The van der Waals surface area contributed by atoms with Crippen LogP contribution in [0.2, 0.25) is 0 Å². The van der Waals surface area contributed by atoms with Crippen LogP contribution >= 0.6 is 0 Å². The van der Waals surface area contributed by atoms with Crippen molar-refractivity contribution in [2.24, 2.45) is 0 Å². The highest BCUT2D eigenvalue weighted by Crippen LogP contribution is 2.31. The molecule has 1 aromatic rings. The normalized spacial score (nSPS) is 18.9. The van der Waals surface area contributed by atoms with Gasteiger partial charge in [-0.3, -0.25) is 4.79 Å². The highest BCUT2D eigenvalue weighted by molar-refractivity contribution is 5.76. The van der Waals surface area contributed by atoms with E-state index in [-0.39, 0.29) is 18.4 Å². The molecule has 1 atom stereocenters. The molecule has 0 spiro atoms. The Bertz CT molecular complexity index is 543. The summed E-state index contributed by atoms with van der Waals surface area (Å²) in [6, 6.07) is 4.89. The Morgan fingerprint density at radius 2 is 2.00 bits per heavy atom. The van der Waals surface area contributed by atoms with Gasteiger partial charge in [0.2, 0.25) is 5.91 Å². The van der Waals surface area contributed by atoms with Gasteiger partial charge >= 0.3 is 6.18 Å². The van der Waals surface area contributed by atoms with E-state index in [0.717, 1.165) is 12.1 Å². The van der Waals surface area contributed by atoms with Gasteiger partial charge in [0.1, 0.15) is 6.10 Å². The van der Waals surface area contributed by atoms with Gasteiger partial charge in [0.05, 0.1) is 37.8 Å². The van der Waals surface area contributed by atoms with Gasteiger partial charge in [-0.2, -0.15) is 13.2 Å². The second-order valence-corrected chi connectivity index (χ2v) is 5.99. The zero-order valence-electron chi connectivity index (χ0n) is 13.8. The first kappa shape index (κ1) is 18.7. The number of hydrogen-bond donors (Lipinski definition) is 0. The van der Waals surface area contributed by atoms with E-state index in [1.807, 2.05) is 13.8 Å². The van der Waals surface area contributed by atoms with Crippen molar-refractivity contribution in [2.45, 2.75) is 38.7 Å². The quantitative estimate of drug-likeness (QED) is 0.821. The largest absolute Gasteiger partial charge is 0.416 e. The lowest BCUT2D eigenvalue weighted by molar-refractivity contribution is -0.140. The highest BCUT2D eigenvalue weighted by atomic mass is 19.4. The molecule has 24 heavy (non-hydrogen) atoms. The van der Waals surface area contributed by atoms with Crippen molar-refractivity contribution in [3.63, 3.8) is 0 Å². The predicted molar refractivity (Wildman–Crippen MR) is 82.4 cm³/mol. The van der Waals surface area contributed by atoms with E-state index in [0.29, 0.717) is 31.9 Å². The minimum absolute atomic E-state index is 0.0316. The molecule has 1 aliphatic rings. The molecular weight excluding hydrogens is 323 g/mol. The maximum atomic E-state index is 12.6. The molecule has 2 rings (SSSR count). The molecule has 1 aliphatic heterocycles. The zero-order chi connectivity index (χ0) is 17.7. The Balaban J connectivity index is 1.94. The van der Waals surface area contributed by atoms with Crippen LogP contribution in [0.4, 0.5) is 13.2 Å². The average molecular weight is 345 g/mol. The third kappa shape index (κ3) is 5.21. The summed E-state index contributed by atoms with van der Waals surface area (Å²) in [7, 11) is 0. The summed E-state index contributed by atoms with van der Waals surface area (Å²) in [5.74, 6) is -0.0316. The molecular formula is C17H22F3NO3. The summed E-state index contributed by atoms with van der Waals surface area (Å²) in [4.78, 5) is 13.9. The lowest BCUT2D eigenvalue weighted by Crippen LogP contribution is -2.42. The molecule has 1 fully saturated rings. The van der Waals surface area contributed by atoms with E-state index in [1.165, 1.54) is 12.1 Å². The fraction of sp³-hybridized carbons (Fsp3) is 0.588. The van der Waals surface area contributed by atoms with E-state index in [2.05, 4.69) is 0 Å². The maximum Gasteiger partial charge on any atom is 0.416 e. The third-order valence-corrected chi connectivity index (χ3v) is 3.80. The Labute approximate surface area is 139 Å². The summed E-state index contributed by atoms with van der Waals surface area (Å²) in [6.45, 7) is 5.35. The van der Waals surface area contributed by atoms with Crippen LogP contribution in [-0.4, -0.2) is 43.2 Å². The van der Waals surface area contributed by atoms with Crippen molar-refractivity contribution in [3.05, 3.63) is 35.4 Å². The number of halogens is 3. The van der Waals surface area contributed by atoms with Gasteiger partial charge in [-0.1, -0.05) is 12.1 Å². The number of amides is 1. The fourth-order valence-corrected chi connectivity index (χ4v) is 2.50. The van der Waals surface area contributed by atoms with Crippen LogP contribution in [0.5, 0.6) is 0 Å². The molecule has 0 bridgehead atoms. The van der Waals surface area contributed by atoms with Gasteiger partial charge in [0.25, 0.3) is 0 Å². The number of ether oxygens (including phenoxy) is 2. The molecule has 0 N–H and O–H groups in total. The summed E-state index contributed by atoms with van der Waals surface area (Å²) in [5, 5.41) is 0. The molecule has 4 nitrogen and oxygen atoms in total. The smallest absolute Gasteiger partial charge is 0.378 e. The highest BCUT2D eigenvalue weighted by Gasteiger charge is 2.31. The van der Waals surface area contributed by atoms with Crippen LogP contribution in [0.3, 0.4) is 0 Å². The first-order valence-corrected chi connectivity index (χ1v) is 7.95.